The first-order chi connectivity index (χ1) is 7.74. The minimum absolute atomic E-state index is 0.0217. The van der Waals surface area contributed by atoms with Gasteiger partial charge in [0, 0.05) is 12.6 Å². The number of hydrogen-bond donors (Lipinski definition) is 3. The van der Waals surface area contributed by atoms with Gasteiger partial charge in [0.2, 0.25) is 0 Å². The van der Waals surface area contributed by atoms with Crippen molar-refractivity contribution in [1.82, 2.24) is 16.0 Å². The average Bonchev–Trinajstić information content (AvgIpc) is 2.30. The molecule has 0 aromatic heterocycles. The van der Waals surface area contributed by atoms with E-state index in [2.05, 4.69) is 29.8 Å². The molecule has 16 heavy (non-hydrogen) atoms. The fraction of sp³-hybridized carbons (Fsp3) is 0.917. The monoisotopic (exact) mass is 227 g/mol. The quantitative estimate of drug-likeness (QED) is 0.623. The van der Waals surface area contributed by atoms with Crippen molar-refractivity contribution < 1.29 is 4.79 Å². The van der Waals surface area contributed by atoms with Crippen LogP contribution in [-0.4, -0.2) is 31.7 Å². The normalized spacial score (nSPS) is 22.5. The van der Waals surface area contributed by atoms with Crippen LogP contribution in [0.15, 0.2) is 0 Å². The smallest absolute Gasteiger partial charge is 0.315 e. The van der Waals surface area contributed by atoms with Crippen LogP contribution in [-0.2, 0) is 0 Å². The summed E-state index contributed by atoms with van der Waals surface area (Å²) >= 11 is 0. The highest BCUT2D eigenvalue weighted by atomic mass is 16.2. The zero-order chi connectivity index (χ0) is 11.8. The van der Waals surface area contributed by atoms with E-state index in [9.17, 15) is 4.79 Å². The molecule has 0 spiro atoms. The lowest BCUT2D eigenvalue weighted by atomic mass is 9.93. The number of hydrogen-bond acceptors (Lipinski definition) is 2. The molecule has 0 radical (unpaired) electrons. The third-order valence-corrected chi connectivity index (χ3v) is 3.22. The summed E-state index contributed by atoms with van der Waals surface area (Å²) in [5, 5.41) is 9.27. The molecule has 1 rings (SSSR count). The molecule has 2 unspecified atom stereocenters. The van der Waals surface area contributed by atoms with E-state index in [4.69, 9.17) is 0 Å². The Morgan fingerprint density at radius 3 is 3.00 bits per heavy atom. The summed E-state index contributed by atoms with van der Waals surface area (Å²) in [6.45, 7) is 7.13. The number of amides is 2. The van der Waals surface area contributed by atoms with Crippen LogP contribution < -0.4 is 16.0 Å². The van der Waals surface area contributed by atoms with Gasteiger partial charge in [-0.1, -0.05) is 13.3 Å². The number of carbonyl (C=O) groups excluding carboxylic acids is 1. The summed E-state index contributed by atoms with van der Waals surface area (Å²) in [4.78, 5) is 11.5. The molecule has 1 heterocycles. The maximum atomic E-state index is 11.5. The molecule has 94 valence electrons. The minimum Gasteiger partial charge on any atom is -0.338 e. The van der Waals surface area contributed by atoms with Crippen molar-refractivity contribution in [2.24, 2.45) is 5.92 Å². The van der Waals surface area contributed by atoms with Gasteiger partial charge >= 0.3 is 6.03 Å². The summed E-state index contributed by atoms with van der Waals surface area (Å²) in [6, 6.07) is 0.237. The first-order valence-corrected chi connectivity index (χ1v) is 6.49. The summed E-state index contributed by atoms with van der Waals surface area (Å²) in [6.07, 6.45) is 4.59. The Hall–Kier alpha value is -0.770. The summed E-state index contributed by atoms with van der Waals surface area (Å²) in [7, 11) is 0. The lowest BCUT2D eigenvalue weighted by molar-refractivity contribution is 0.227. The van der Waals surface area contributed by atoms with Gasteiger partial charge in [0.05, 0.1) is 0 Å². The molecule has 0 saturated carbocycles. The van der Waals surface area contributed by atoms with E-state index in [-0.39, 0.29) is 12.1 Å². The second-order valence-electron chi connectivity index (χ2n) is 4.65. The Morgan fingerprint density at radius 2 is 2.38 bits per heavy atom. The van der Waals surface area contributed by atoms with Crippen molar-refractivity contribution in [2.75, 3.05) is 19.6 Å². The summed E-state index contributed by atoms with van der Waals surface area (Å²) in [5.41, 5.74) is 0. The van der Waals surface area contributed by atoms with Crippen LogP contribution in [0.25, 0.3) is 0 Å². The molecule has 2 amide bonds. The number of piperidine rings is 1. The fourth-order valence-electron chi connectivity index (χ4n) is 2.06. The zero-order valence-electron chi connectivity index (χ0n) is 10.5. The minimum atomic E-state index is -0.0217. The van der Waals surface area contributed by atoms with E-state index < -0.39 is 0 Å². The van der Waals surface area contributed by atoms with Gasteiger partial charge in [-0.2, -0.15) is 0 Å². The molecular formula is C12H25N3O. The lowest BCUT2D eigenvalue weighted by Gasteiger charge is -2.28. The van der Waals surface area contributed by atoms with E-state index in [0.717, 1.165) is 32.5 Å². The summed E-state index contributed by atoms with van der Waals surface area (Å²) in [5.74, 6) is 0.575. The van der Waals surface area contributed by atoms with E-state index in [1.807, 2.05) is 0 Å². The predicted octanol–water partition coefficient (Wildman–Crippen LogP) is 1.47. The Labute approximate surface area is 98.6 Å². The number of rotatable bonds is 5. The molecule has 3 N–H and O–H groups in total. The molecule has 0 aromatic carbocycles. The Balaban J connectivity index is 2.16. The van der Waals surface area contributed by atoms with Crippen LogP contribution in [0.1, 0.15) is 39.5 Å². The van der Waals surface area contributed by atoms with Crippen molar-refractivity contribution in [3.63, 3.8) is 0 Å². The molecule has 1 saturated heterocycles. The SMILES string of the molecule is CCCCNC(=O)NC(C)C1CCCNC1. The van der Waals surface area contributed by atoms with E-state index in [1.165, 1.54) is 12.8 Å². The standard InChI is InChI=1S/C12H25N3O/c1-3-4-8-14-12(16)15-10(2)11-6-5-7-13-9-11/h10-11,13H,3-9H2,1-2H3,(H2,14,15,16). The molecule has 1 fully saturated rings. The van der Waals surface area contributed by atoms with Crippen molar-refractivity contribution in [3.8, 4) is 0 Å². The molecule has 1 aliphatic rings. The lowest BCUT2D eigenvalue weighted by Crippen LogP contribution is -2.48. The van der Waals surface area contributed by atoms with Gasteiger partial charge < -0.3 is 16.0 Å². The first-order valence-electron chi connectivity index (χ1n) is 6.49. The molecule has 4 nitrogen and oxygen atoms in total. The number of urea groups is 1. The highest BCUT2D eigenvalue weighted by Gasteiger charge is 2.20. The van der Waals surface area contributed by atoms with E-state index in [1.54, 1.807) is 0 Å². The zero-order valence-corrected chi connectivity index (χ0v) is 10.5. The molecule has 2 atom stereocenters. The Morgan fingerprint density at radius 1 is 1.56 bits per heavy atom. The molecule has 1 aliphatic heterocycles. The van der Waals surface area contributed by atoms with Crippen LogP contribution in [0.3, 0.4) is 0 Å². The van der Waals surface area contributed by atoms with Gasteiger partial charge in [-0.25, -0.2) is 4.79 Å². The van der Waals surface area contributed by atoms with Crippen molar-refractivity contribution in [3.05, 3.63) is 0 Å². The second kappa shape index (κ2) is 7.49. The van der Waals surface area contributed by atoms with Gasteiger partial charge in [0.25, 0.3) is 0 Å². The van der Waals surface area contributed by atoms with Crippen LogP contribution in [0.4, 0.5) is 4.79 Å². The summed E-state index contributed by atoms with van der Waals surface area (Å²) < 4.78 is 0. The van der Waals surface area contributed by atoms with Gasteiger partial charge in [-0.05, 0) is 45.2 Å². The molecule has 0 bridgehead atoms. The van der Waals surface area contributed by atoms with Gasteiger partial charge in [0.1, 0.15) is 0 Å². The average molecular weight is 227 g/mol. The highest BCUT2D eigenvalue weighted by Crippen LogP contribution is 2.13. The maximum absolute atomic E-state index is 11.5. The second-order valence-corrected chi connectivity index (χ2v) is 4.65. The third kappa shape index (κ3) is 4.84. The van der Waals surface area contributed by atoms with Gasteiger partial charge in [0.15, 0.2) is 0 Å². The van der Waals surface area contributed by atoms with E-state index in [0.29, 0.717) is 5.92 Å². The van der Waals surface area contributed by atoms with Crippen molar-refractivity contribution >= 4 is 6.03 Å². The predicted molar refractivity (Wildman–Crippen MR) is 66.5 cm³/mol. The number of nitrogens with one attached hydrogen (secondary N) is 3. The molecule has 0 aliphatic carbocycles. The van der Waals surface area contributed by atoms with Gasteiger partial charge in [-0.15, -0.1) is 0 Å². The number of carbonyl (C=O) groups is 1. The molecule has 0 aromatic rings. The maximum Gasteiger partial charge on any atom is 0.315 e. The van der Waals surface area contributed by atoms with Crippen LogP contribution in [0.2, 0.25) is 0 Å². The topological polar surface area (TPSA) is 53.2 Å². The fourth-order valence-corrected chi connectivity index (χ4v) is 2.06. The molecular weight excluding hydrogens is 202 g/mol. The largest absolute Gasteiger partial charge is 0.338 e. The Bertz CT molecular complexity index is 202. The van der Waals surface area contributed by atoms with Crippen LogP contribution in [0.5, 0.6) is 0 Å². The Kier molecular flexibility index (Phi) is 6.23. The highest BCUT2D eigenvalue weighted by molar-refractivity contribution is 5.74. The molecule has 4 heteroatoms. The van der Waals surface area contributed by atoms with E-state index >= 15 is 0 Å². The van der Waals surface area contributed by atoms with Crippen molar-refractivity contribution in [1.29, 1.82) is 0 Å². The first kappa shape index (κ1) is 13.3. The van der Waals surface area contributed by atoms with Crippen LogP contribution >= 0.6 is 0 Å². The van der Waals surface area contributed by atoms with Crippen LogP contribution in [0, 0.1) is 5.92 Å². The third-order valence-electron chi connectivity index (χ3n) is 3.22. The van der Waals surface area contributed by atoms with Crippen molar-refractivity contribution in [2.45, 2.75) is 45.6 Å². The van der Waals surface area contributed by atoms with Gasteiger partial charge in [-0.3, -0.25) is 0 Å². The number of unbranched alkanes of at least 4 members (excludes halogenated alkanes) is 1.